The smallest absolute Gasteiger partial charge is 0.325 e. The van der Waals surface area contributed by atoms with Gasteiger partial charge in [-0.2, -0.15) is 0 Å². The first-order valence-electron chi connectivity index (χ1n) is 7.48. The van der Waals surface area contributed by atoms with Gasteiger partial charge in [0.1, 0.15) is 6.54 Å². The van der Waals surface area contributed by atoms with Crippen LogP contribution in [0, 0.1) is 0 Å². The minimum absolute atomic E-state index is 0.0842. The van der Waals surface area contributed by atoms with Gasteiger partial charge in [0.25, 0.3) is 11.8 Å². The van der Waals surface area contributed by atoms with Gasteiger partial charge in [-0.05, 0) is 36.8 Å². The number of rotatable bonds is 7. The van der Waals surface area contributed by atoms with E-state index in [-0.39, 0.29) is 18.3 Å². The normalized spacial score (nSPS) is 11.4. The molecule has 0 radical (unpaired) electrons. The molecule has 2 amide bonds. The van der Waals surface area contributed by atoms with Crippen molar-refractivity contribution in [1.29, 1.82) is 0 Å². The molecule has 25 heavy (non-hydrogen) atoms. The summed E-state index contributed by atoms with van der Waals surface area (Å²) in [6.07, 6.45) is 1.35. The summed E-state index contributed by atoms with van der Waals surface area (Å²) in [6, 6.07) is 9.81. The van der Waals surface area contributed by atoms with E-state index in [1.165, 1.54) is 12.3 Å². The van der Waals surface area contributed by atoms with Crippen molar-refractivity contribution < 1.29 is 23.5 Å². The Morgan fingerprint density at radius 1 is 1.24 bits per heavy atom. The first-order valence-corrected chi connectivity index (χ1v) is 7.85. The minimum Gasteiger partial charge on any atom is -0.459 e. The Kier molecular flexibility index (Phi) is 6.59. The Balaban J connectivity index is 1.70. The van der Waals surface area contributed by atoms with Crippen LogP contribution in [0.5, 0.6) is 0 Å². The molecular formula is C17H17ClN2O5. The third-order valence-corrected chi connectivity index (χ3v) is 3.46. The highest BCUT2D eigenvalue weighted by molar-refractivity contribution is 6.30. The quantitative estimate of drug-likeness (QED) is 0.733. The van der Waals surface area contributed by atoms with Gasteiger partial charge in [0.05, 0.1) is 12.3 Å². The van der Waals surface area contributed by atoms with E-state index in [4.69, 9.17) is 20.8 Å². The number of esters is 1. The summed E-state index contributed by atoms with van der Waals surface area (Å²) in [4.78, 5) is 34.9. The van der Waals surface area contributed by atoms with Crippen LogP contribution in [-0.4, -0.2) is 30.9 Å². The molecule has 0 unspecified atom stereocenters. The number of hydrogen-bond donors (Lipinski definition) is 2. The van der Waals surface area contributed by atoms with E-state index in [0.29, 0.717) is 5.02 Å². The monoisotopic (exact) mass is 364 g/mol. The first-order chi connectivity index (χ1) is 12.0. The van der Waals surface area contributed by atoms with Crippen LogP contribution in [0.2, 0.25) is 5.02 Å². The fraction of sp³-hybridized carbons (Fsp3) is 0.235. The SMILES string of the molecule is C[C@H](NC(=O)COC(=O)CNC(=O)c1ccco1)c1cccc(Cl)c1. The summed E-state index contributed by atoms with van der Waals surface area (Å²) >= 11 is 5.90. The maximum atomic E-state index is 11.8. The van der Waals surface area contributed by atoms with Gasteiger partial charge in [-0.1, -0.05) is 23.7 Å². The number of nitrogens with one attached hydrogen (secondary N) is 2. The van der Waals surface area contributed by atoms with Crippen LogP contribution in [0.1, 0.15) is 29.1 Å². The van der Waals surface area contributed by atoms with E-state index in [0.717, 1.165) is 5.56 Å². The molecule has 1 atom stereocenters. The van der Waals surface area contributed by atoms with Crippen molar-refractivity contribution in [2.75, 3.05) is 13.2 Å². The van der Waals surface area contributed by atoms with Crippen molar-refractivity contribution in [3.05, 3.63) is 59.0 Å². The van der Waals surface area contributed by atoms with Crippen molar-refractivity contribution >= 4 is 29.4 Å². The summed E-state index contributed by atoms with van der Waals surface area (Å²) in [7, 11) is 0. The molecule has 0 bridgehead atoms. The van der Waals surface area contributed by atoms with Crippen molar-refractivity contribution in [2.24, 2.45) is 0 Å². The Labute approximate surface area is 149 Å². The second kappa shape index (κ2) is 8.89. The van der Waals surface area contributed by atoms with Crippen molar-refractivity contribution in [2.45, 2.75) is 13.0 Å². The van der Waals surface area contributed by atoms with Crippen molar-refractivity contribution in [1.82, 2.24) is 10.6 Å². The molecule has 0 aliphatic rings. The van der Waals surface area contributed by atoms with Gasteiger partial charge in [-0.15, -0.1) is 0 Å². The fourth-order valence-electron chi connectivity index (χ4n) is 1.99. The summed E-state index contributed by atoms with van der Waals surface area (Å²) in [6.45, 7) is 0.978. The van der Waals surface area contributed by atoms with Gasteiger partial charge in [0.2, 0.25) is 0 Å². The van der Waals surface area contributed by atoms with Gasteiger partial charge >= 0.3 is 5.97 Å². The lowest BCUT2D eigenvalue weighted by molar-refractivity contribution is -0.147. The molecule has 2 N–H and O–H groups in total. The minimum atomic E-state index is -0.731. The average molecular weight is 365 g/mol. The van der Waals surface area contributed by atoms with Gasteiger partial charge in [-0.3, -0.25) is 14.4 Å². The van der Waals surface area contributed by atoms with E-state index < -0.39 is 24.4 Å². The topological polar surface area (TPSA) is 97.6 Å². The molecule has 0 fully saturated rings. The molecule has 8 heteroatoms. The molecule has 0 saturated carbocycles. The number of carbonyl (C=O) groups is 3. The zero-order valence-electron chi connectivity index (χ0n) is 13.5. The first kappa shape index (κ1) is 18.5. The molecule has 1 aromatic carbocycles. The Morgan fingerprint density at radius 2 is 2.04 bits per heavy atom. The number of furan rings is 1. The molecule has 132 valence electrons. The fourth-order valence-corrected chi connectivity index (χ4v) is 2.19. The second-order valence-corrected chi connectivity index (χ2v) is 5.60. The Bertz CT molecular complexity index is 745. The number of ether oxygens (including phenoxy) is 1. The van der Waals surface area contributed by atoms with Crippen LogP contribution < -0.4 is 10.6 Å². The number of halogens is 1. The van der Waals surface area contributed by atoms with Crippen LogP contribution in [0.4, 0.5) is 0 Å². The summed E-state index contributed by atoms with van der Waals surface area (Å²) in [5.41, 5.74) is 0.831. The molecule has 0 saturated heterocycles. The van der Waals surface area contributed by atoms with Crippen LogP contribution in [0.3, 0.4) is 0 Å². The number of benzene rings is 1. The van der Waals surface area contributed by atoms with E-state index in [9.17, 15) is 14.4 Å². The molecular weight excluding hydrogens is 348 g/mol. The Hall–Kier alpha value is -2.80. The van der Waals surface area contributed by atoms with E-state index in [1.807, 2.05) is 6.07 Å². The van der Waals surface area contributed by atoms with Crippen LogP contribution in [0.25, 0.3) is 0 Å². The summed E-state index contributed by atoms with van der Waals surface area (Å²) in [5.74, 6) is -1.65. The highest BCUT2D eigenvalue weighted by Crippen LogP contribution is 2.17. The van der Waals surface area contributed by atoms with Crippen LogP contribution in [-0.2, 0) is 14.3 Å². The lowest BCUT2D eigenvalue weighted by atomic mass is 10.1. The van der Waals surface area contributed by atoms with Crippen molar-refractivity contribution in [3.8, 4) is 0 Å². The lowest BCUT2D eigenvalue weighted by Gasteiger charge is -2.14. The maximum absolute atomic E-state index is 11.8. The average Bonchev–Trinajstić information content (AvgIpc) is 3.12. The van der Waals surface area contributed by atoms with Gasteiger partial charge < -0.3 is 19.8 Å². The van der Waals surface area contributed by atoms with E-state index in [1.54, 1.807) is 31.2 Å². The van der Waals surface area contributed by atoms with E-state index in [2.05, 4.69) is 10.6 Å². The summed E-state index contributed by atoms with van der Waals surface area (Å²) < 4.78 is 9.69. The maximum Gasteiger partial charge on any atom is 0.325 e. The third kappa shape index (κ3) is 5.96. The highest BCUT2D eigenvalue weighted by Gasteiger charge is 2.14. The standard InChI is InChI=1S/C17H17ClN2O5/c1-11(12-4-2-5-13(18)8-12)20-15(21)10-25-16(22)9-19-17(23)14-6-3-7-24-14/h2-8,11H,9-10H2,1H3,(H,19,23)(H,20,21)/t11-/m0/s1. The summed E-state index contributed by atoms with van der Waals surface area (Å²) in [5, 5.41) is 5.58. The van der Waals surface area contributed by atoms with Gasteiger partial charge in [0, 0.05) is 5.02 Å². The van der Waals surface area contributed by atoms with E-state index >= 15 is 0 Å². The number of carbonyl (C=O) groups excluding carboxylic acids is 3. The highest BCUT2D eigenvalue weighted by atomic mass is 35.5. The number of amides is 2. The predicted molar refractivity (Wildman–Crippen MR) is 90.0 cm³/mol. The molecule has 0 aliphatic heterocycles. The molecule has 0 spiro atoms. The van der Waals surface area contributed by atoms with Crippen molar-refractivity contribution in [3.63, 3.8) is 0 Å². The van der Waals surface area contributed by atoms with Gasteiger partial charge in [0.15, 0.2) is 12.4 Å². The molecule has 2 rings (SSSR count). The molecule has 0 aliphatic carbocycles. The molecule has 7 nitrogen and oxygen atoms in total. The largest absolute Gasteiger partial charge is 0.459 e. The van der Waals surface area contributed by atoms with Crippen LogP contribution >= 0.6 is 11.6 Å². The molecule has 1 heterocycles. The second-order valence-electron chi connectivity index (χ2n) is 5.16. The molecule has 1 aromatic heterocycles. The lowest BCUT2D eigenvalue weighted by Crippen LogP contribution is -2.34. The zero-order chi connectivity index (χ0) is 18.2. The van der Waals surface area contributed by atoms with Gasteiger partial charge in [-0.25, -0.2) is 0 Å². The zero-order valence-corrected chi connectivity index (χ0v) is 14.2. The third-order valence-electron chi connectivity index (χ3n) is 3.23. The number of hydrogen-bond acceptors (Lipinski definition) is 5. The Morgan fingerprint density at radius 3 is 2.72 bits per heavy atom. The van der Waals surface area contributed by atoms with Crippen LogP contribution in [0.15, 0.2) is 47.1 Å². The molecule has 2 aromatic rings. The predicted octanol–water partition coefficient (Wildman–Crippen LogP) is 2.08.